The average Bonchev–Trinajstić information content (AvgIpc) is 3.03. The lowest BCUT2D eigenvalue weighted by atomic mass is 10.0. The van der Waals surface area contributed by atoms with Gasteiger partial charge in [-0.25, -0.2) is 0 Å². The minimum absolute atomic E-state index is 0.0201. The second-order valence-corrected chi connectivity index (χ2v) is 8.98. The highest BCUT2D eigenvalue weighted by Gasteiger charge is 2.33. The van der Waals surface area contributed by atoms with Crippen LogP contribution in [0.2, 0.25) is 0 Å². The SMILES string of the molecule is CCOc1ccc(N2C(=O)/C(=C\c3c(OC(C)C)ccc4ccccc34)SC2=S)cc1. The number of fused-ring (bicyclic) bond motifs is 1. The average molecular weight is 450 g/mol. The van der Waals surface area contributed by atoms with Gasteiger partial charge >= 0.3 is 0 Å². The number of anilines is 1. The fourth-order valence-corrected chi connectivity index (χ4v) is 4.74. The van der Waals surface area contributed by atoms with Crippen molar-refractivity contribution in [1.29, 1.82) is 0 Å². The number of thioether (sulfide) groups is 1. The van der Waals surface area contributed by atoms with Crippen molar-refractivity contribution >= 4 is 56.7 Å². The number of benzene rings is 3. The summed E-state index contributed by atoms with van der Waals surface area (Å²) in [7, 11) is 0. The number of ether oxygens (including phenoxy) is 2. The Morgan fingerprint density at radius 1 is 1.06 bits per heavy atom. The van der Waals surface area contributed by atoms with E-state index in [9.17, 15) is 4.79 Å². The maximum absolute atomic E-state index is 13.3. The van der Waals surface area contributed by atoms with E-state index in [-0.39, 0.29) is 12.0 Å². The van der Waals surface area contributed by atoms with Crippen LogP contribution < -0.4 is 14.4 Å². The molecule has 0 radical (unpaired) electrons. The van der Waals surface area contributed by atoms with Crippen molar-refractivity contribution in [3.63, 3.8) is 0 Å². The van der Waals surface area contributed by atoms with Crippen molar-refractivity contribution < 1.29 is 14.3 Å². The lowest BCUT2D eigenvalue weighted by Crippen LogP contribution is -2.27. The van der Waals surface area contributed by atoms with Gasteiger partial charge in [0.05, 0.1) is 23.3 Å². The van der Waals surface area contributed by atoms with E-state index in [0.29, 0.717) is 15.8 Å². The third-order valence-corrected chi connectivity index (χ3v) is 6.07. The normalized spacial score (nSPS) is 15.4. The number of amides is 1. The molecule has 1 heterocycles. The van der Waals surface area contributed by atoms with Gasteiger partial charge in [-0.15, -0.1) is 0 Å². The summed E-state index contributed by atoms with van der Waals surface area (Å²) in [6.45, 7) is 6.51. The highest BCUT2D eigenvalue weighted by atomic mass is 32.2. The zero-order valence-electron chi connectivity index (χ0n) is 17.6. The predicted octanol–water partition coefficient (Wildman–Crippen LogP) is 6.43. The first-order valence-corrected chi connectivity index (χ1v) is 11.4. The fraction of sp³-hybridized carbons (Fsp3) is 0.200. The quantitative estimate of drug-likeness (QED) is 0.320. The Hall–Kier alpha value is -2.83. The molecule has 31 heavy (non-hydrogen) atoms. The molecule has 0 aliphatic carbocycles. The summed E-state index contributed by atoms with van der Waals surface area (Å²) >= 11 is 6.84. The Morgan fingerprint density at radius 2 is 1.81 bits per heavy atom. The summed E-state index contributed by atoms with van der Waals surface area (Å²) in [5, 5.41) is 2.12. The first-order chi connectivity index (χ1) is 15.0. The van der Waals surface area contributed by atoms with Crippen molar-refractivity contribution in [3.05, 3.63) is 71.1 Å². The number of hydrogen-bond acceptors (Lipinski definition) is 5. The van der Waals surface area contributed by atoms with Crippen molar-refractivity contribution in [2.75, 3.05) is 11.5 Å². The summed E-state index contributed by atoms with van der Waals surface area (Å²) in [5.41, 5.74) is 1.62. The maximum Gasteiger partial charge on any atom is 0.270 e. The van der Waals surface area contributed by atoms with Gasteiger partial charge in [0.2, 0.25) is 0 Å². The van der Waals surface area contributed by atoms with E-state index in [1.54, 1.807) is 4.90 Å². The van der Waals surface area contributed by atoms with Crippen molar-refractivity contribution in [2.24, 2.45) is 0 Å². The Kier molecular flexibility index (Phi) is 6.30. The van der Waals surface area contributed by atoms with Gasteiger partial charge < -0.3 is 9.47 Å². The van der Waals surface area contributed by atoms with E-state index < -0.39 is 0 Å². The van der Waals surface area contributed by atoms with Crippen LogP contribution in [0.15, 0.2) is 65.6 Å². The summed E-state index contributed by atoms with van der Waals surface area (Å²) < 4.78 is 12.1. The van der Waals surface area contributed by atoms with Crippen LogP contribution >= 0.6 is 24.0 Å². The van der Waals surface area contributed by atoms with Crippen LogP contribution in [-0.4, -0.2) is 22.9 Å². The number of hydrogen-bond donors (Lipinski definition) is 0. The monoisotopic (exact) mass is 449 g/mol. The van der Waals surface area contributed by atoms with E-state index in [0.717, 1.165) is 33.5 Å². The van der Waals surface area contributed by atoms with Crippen molar-refractivity contribution in [2.45, 2.75) is 26.9 Å². The van der Waals surface area contributed by atoms with Crippen molar-refractivity contribution in [1.82, 2.24) is 0 Å². The minimum Gasteiger partial charge on any atom is -0.494 e. The molecule has 0 saturated carbocycles. The number of thiocarbonyl (C=S) groups is 1. The van der Waals surface area contributed by atoms with Gasteiger partial charge in [0.15, 0.2) is 4.32 Å². The van der Waals surface area contributed by atoms with Crippen LogP contribution in [0.25, 0.3) is 16.8 Å². The van der Waals surface area contributed by atoms with E-state index in [1.165, 1.54) is 11.8 Å². The fourth-order valence-electron chi connectivity index (χ4n) is 3.46. The molecule has 4 nitrogen and oxygen atoms in total. The first kappa shape index (κ1) is 21.4. The Labute approximate surface area is 191 Å². The predicted molar refractivity (Wildman–Crippen MR) is 133 cm³/mol. The smallest absolute Gasteiger partial charge is 0.270 e. The second kappa shape index (κ2) is 9.12. The number of carbonyl (C=O) groups is 1. The third-order valence-electron chi connectivity index (χ3n) is 4.77. The van der Waals surface area contributed by atoms with Crippen molar-refractivity contribution in [3.8, 4) is 11.5 Å². The Balaban J connectivity index is 1.73. The molecule has 0 spiro atoms. The zero-order valence-corrected chi connectivity index (χ0v) is 19.3. The second-order valence-electron chi connectivity index (χ2n) is 7.31. The molecule has 0 aromatic heterocycles. The third kappa shape index (κ3) is 4.45. The largest absolute Gasteiger partial charge is 0.494 e. The summed E-state index contributed by atoms with van der Waals surface area (Å²) in [6, 6.07) is 19.5. The molecular formula is C25H23NO3S2. The van der Waals surface area contributed by atoms with Crippen LogP contribution in [0, 0.1) is 0 Å². The molecule has 0 N–H and O–H groups in total. The zero-order chi connectivity index (χ0) is 22.0. The van der Waals surface area contributed by atoms with Gasteiger partial charge in [-0.05, 0) is 68.0 Å². The minimum atomic E-state index is -0.136. The molecule has 4 rings (SSSR count). The van der Waals surface area contributed by atoms with Crippen LogP contribution in [0.3, 0.4) is 0 Å². The molecular weight excluding hydrogens is 426 g/mol. The lowest BCUT2D eigenvalue weighted by Gasteiger charge is -2.16. The molecule has 1 aliphatic rings. The summed E-state index contributed by atoms with van der Waals surface area (Å²) in [4.78, 5) is 15.4. The molecule has 6 heteroatoms. The molecule has 3 aromatic carbocycles. The molecule has 1 aliphatic heterocycles. The molecule has 1 saturated heterocycles. The molecule has 1 amide bonds. The van der Waals surface area contributed by atoms with Crippen LogP contribution in [0.5, 0.6) is 11.5 Å². The van der Waals surface area contributed by atoms with Gasteiger partial charge in [0, 0.05) is 5.56 Å². The highest BCUT2D eigenvalue weighted by molar-refractivity contribution is 8.27. The molecule has 1 fully saturated rings. The Morgan fingerprint density at radius 3 is 2.52 bits per heavy atom. The maximum atomic E-state index is 13.3. The van der Waals surface area contributed by atoms with Gasteiger partial charge in [-0.3, -0.25) is 9.69 Å². The van der Waals surface area contributed by atoms with E-state index in [2.05, 4.69) is 6.07 Å². The van der Waals surface area contributed by atoms with Gasteiger partial charge in [-0.1, -0.05) is 54.3 Å². The van der Waals surface area contributed by atoms with Crippen LogP contribution in [-0.2, 0) is 4.79 Å². The summed E-state index contributed by atoms with van der Waals surface area (Å²) in [5.74, 6) is 1.38. The van der Waals surface area contributed by atoms with Gasteiger partial charge in [0.1, 0.15) is 11.5 Å². The number of carbonyl (C=O) groups excluding carboxylic acids is 1. The van der Waals surface area contributed by atoms with Gasteiger partial charge in [0.25, 0.3) is 5.91 Å². The lowest BCUT2D eigenvalue weighted by molar-refractivity contribution is -0.113. The van der Waals surface area contributed by atoms with Crippen LogP contribution in [0.4, 0.5) is 5.69 Å². The topological polar surface area (TPSA) is 38.8 Å². The standard InChI is InChI=1S/C25H23NO3S2/c1-4-28-19-12-10-18(11-13-19)26-24(27)23(31-25(26)30)15-21-20-8-6-5-7-17(20)9-14-22(21)29-16(2)3/h5-16H,4H2,1-3H3/b23-15+. The molecule has 0 atom stereocenters. The van der Waals surface area contributed by atoms with E-state index in [1.807, 2.05) is 81.4 Å². The number of nitrogens with zero attached hydrogens (tertiary/aromatic N) is 1. The molecule has 3 aromatic rings. The summed E-state index contributed by atoms with van der Waals surface area (Å²) in [6.07, 6.45) is 1.92. The van der Waals surface area contributed by atoms with E-state index >= 15 is 0 Å². The molecule has 0 unspecified atom stereocenters. The molecule has 0 bridgehead atoms. The first-order valence-electron chi connectivity index (χ1n) is 10.2. The molecule has 158 valence electrons. The Bertz CT molecular complexity index is 1170. The van der Waals surface area contributed by atoms with E-state index in [4.69, 9.17) is 21.7 Å². The highest BCUT2D eigenvalue weighted by Crippen LogP contribution is 2.39. The van der Waals surface area contributed by atoms with Crippen LogP contribution in [0.1, 0.15) is 26.3 Å². The number of rotatable bonds is 6. The van der Waals surface area contributed by atoms with Gasteiger partial charge in [-0.2, -0.15) is 0 Å².